The standard InChI is InChI=1S/C9H20N2O/c1-5-9(12-4)8(11-10)6-7(2)3/h6,8-9,11H,5,10H2,1-4H3. The van der Waals surface area contributed by atoms with Crippen molar-refractivity contribution in [3.63, 3.8) is 0 Å². The fourth-order valence-corrected chi connectivity index (χ4v) is 1.19. The number of rotatable bonds is 5. The Bertz CT molecular complexity index is 137. The predicted molar refractivity (Wildman–Crippen MR) is 51.6 cm³/mol. The highest BCUT2D eigenvalue weighted by Gasteiger charge is 2.14. The lowest BCUT2D eigenvalue weighted by Crippen LogP contribution is -2.43. The summed E-state index contributed by atoms with van der Waals surface area (Å²) in [6.07, 6.45) is 3.19. The SMILES string of the molecule is CCC(OC)C(C=C(C)C)NN. The zero-order valence-corrected chi connectivity index (χ0v) is 8.42. The van der Waals surface area contributed by atoms with E-state index in [-0.39, 0.29) is 12.1 Å². The molecule has 0 aromatic heterocycles. The molecular weight excluding hydrogens is 152 g/mol. The van der Waals surface area contributed by atoms with Crippen molar-refractivity contribution in [1.29, 1.82) is 0 Å². The van der Waals surface area contributed by atoms with Crippen molar-refractivity contribution >= 4 is 0 Å². The largest absolute Gasteiger partial charge is 0.379 e. The average Bonchev–Trinajstić information content (AvgIpc) is 2.04. The topological polar surface area (TPSA) is 47.3 Å². The van der Waals surface area contributed by atoms with Crippen molar-refractivity contribution in [3.8, 4) is 0 Å². The van der Waals surface area contributed by atoms with Crippen molar-refractivity contribution in [3.05, 3.63) is 11.6 Å². The molecule has 0 saturated heterocycles. The van der Waals surface area contributed by atoms with E-state index in [9.17, 15) is 0 Å². The molecule has 0 aromatic carbocycles. The Morgan fingerprint density at radius 1 is 1.58 bits per heavy atom. The number of hydrazine groups is 1. The van der Waals surface area contributed by atoms with Crippen molar-refractivity contribution in [2.45, 2.75) is 39.3 Å². The van der Waals surface area contributed by atoms with Crippen LogP contribution in [0.1, 0.15) is 27.2 Å². The van der Waals surface area contributed by atoms with E-state index in [1.54, 1.807) is 7.11 Å². The number of methoxy groups -OCH3 is 1. The van der Waals surface area contributed by atoms with Gasteiger partial charge in [0, 0.05) is 7.11 Å². The fourth-order valence-electron chi connectivity index (χ4n) is 1.19. The first-order valence-electron chi connectivity index (χ1n) is 4.29. The first kappa shape index (κ1) is 11.6. The van der Waals surface area contributed by atoms with Gasteiger partial charge in [-0.2, -0.15) is 0 Å². The maximum Gasteiger partial charge on any atom is 0.0770 e. The molecule has 0 amide bonds. The molecule has 3 N–H and O–H groups in total. The van der Waals surface area contributed by atoms with Crippen LogP contribution in [-0.2, 0) is 4.74 Å². The molecule has 0 radical (unpaired) electrons. The summed E-state index contributed by atoms with van der Waals surface area (Å²) in [7, 11) is 1.71. The van der Waals surface area contributed by atoms with E-state index in [0.29, 0.717) is 0 Å². The lowest BCUT2D eigenvalue weighted by molar-refractivity contribution is 0.0788. The molecule has 0 spiro atoms. The van der Waals surface area contributed by atoms with Gasteiger partial charge < -0.3 is 4.74 Å². The van der Waals surface area contributed by atoms with Crippen molar-refractivity contribution < 1.29 is 4.74 Å². The van der Waals surface area contributed by atoms with Crippen LogP contribution in [0.5, 0.6) is 0 Å². The molecule has 72 valence electrons. The number of nitrogens with two attached hydrogens (primary N) is 1. The zero-order valence-electron chi connectivity index (χ0n) is 8.42. The number of nitrogens with one attached hydrogen (secondary N) is 1. The Morgan fingerprint density at radius 2 is 2.17 bits per heavy atom. The van der Waals surface area contributed by atoms with Crippen LogP contribution in [0.4, 0.5) is 0 Å². The van der Waals surface area contributed by atoms with E-state index >= 15 is 0 Å². The van der Waals surface area contributed by atoms with Crippen LogP contribution >= 0.6 is 0 Å². The summed E-state index contributed by atoms with van der Waals surface area (Å²) < 4.78 is 5.27. The summed E-state index contributed by atoms with van der Waals surface area (Å²) in [5.74, 6) is 5.40. The highest BCUT2D eigenvalue weighted by Crippen LogP contribution is 2.06. The Labute approximate surface area is 74.9 Å². The van der Waals surface area contributed by atoms with Crippen LogP contribution in [0.3, 0.4) is 0 Å². The minimum absolute atomic E-state index is 0.116. The van der Waals surface area contributed by atoms with Gasteiger partial charge in [-0.15, -0.1) is 0 Å². The molecule has 3 heteroatoms. The van der Waals surface area contributed by atoms with Gasteiger partial charge in [0.05, 0.1) is 12.1 Å². The van der Waals surface area contributed by atoms with Gasteiger partial charge >= 0.3 is 0 Å². The summed E-state index contributed by atoms with van der Waals surface area (Å²) in [6.45, 7) is 6.18. The molecule has 2 atom stereocenters. The molecule has 12 heavy (non-hydrogen) atoms. The third kappa shape index (κ3) is 3.85. The van der Waals surface area contributed by atoms with Crippen molar-refractivity contribution in [1.82, 2.24) is 5.43 Å². The molecule has 0 aromatic rings. The van der Waals surface area contributed by atoms with Gasteiger partial charge in [0.2, 0.25) is 0 Å². The monoisotopic (exact) mass is 172 g/mol. The Hall–Kier alpha value is -0.380. The quantitative estimate of drug-likeness (QED) is 0.372. The van der Waals surface area contributed by atoms with E-state index in [1.165, 1.54) is 5.57 Å². The molecule has 0 saturated carbocycles. The van der Waals surface area contributed by atoms with Gasteiger partial charge in [-0.25, -0.2) is 0 Å². The molecule has 0 rings (SSSR count). The van der Waals surface area contributed by atoms with Gasteiger partial charge in [0.15, 0.2) is 0 Å². The van der Waals surface area contributed by atoms with Crippen LogP contribution in [0.15, 0.2) is 11.6 Å². The molecule has 0 bridgehead atoms. The van der Waals surface area contributed by atoms with Gasteiger partial charge in [-0.3, -0.25) is 11.3 Å². The van der Waals surface area contributed by atoms with E-state index in [1.807, 2.05) is 13.8 Å². The average molecular weight is 172 g/mol. The molecule has 0 aliphatic rings. The molecule has 0 heterocycles. The Kier molecular flexibility index (Phi) is 5.98. The second kappa shape index (κ2) is 6.17. The highest BCUT2D eigenvalue weighted by molar-refractivity contribution is 5.03. The van der Waals surface area contributed by atoms with Gasteiger partial charge in [0.1, 0.15) is 0 Å². The minimum Gasteiger partial charge on any atom is -0.379 e. The summed E-state index contributed by atoms with van der Waals surface area (Å²) in [5, 5.41) is 0. The first-order valence-corrected chi connectivity index (χ1v) is 4.29. The summed E-state index contributed by atoms with van der Waals surface area (Å²) in [5.41, 5.74) is 3.98. The predicted octanol–water partition coefficient (Wildman–Crippen LogP) is 1.21. The van der Waals surface area contributed by atoms with E-state index < -0.39 is 0 Å². The van der Waals surface area contributed by atoms with Crippen molar-refractivity contribution in [2.75, 3.05) is 7.11 Å². The molecule has 0 fully saturated rings. The molecule has 3 nitrogen and oxygen atoms in total. The van der Waals surface area contributed by atoms with Crippen LogP contribution < -0.4 is 11.3 Å². The first-order chi connectivity index (χ1) is 5.65. The van der Waals surface area contributed by atoms with E-state index in [2.05, 4.69) is 18.4 Å². The normalized spacial score (nSPS) is 15.4. The number of ether oxygens (including phenoxy) is 1. The van der Waals surface area contributed by atoms with E-state index in [0.717, 1.165) is 6.42 Å². The number of allylic oxidation sites excluding steroid dienone is 1. The third-order valence-corrected chi connectivity index (χ3v) is 1.81. The number of hydrogen-bond donors (Lipinski definition) is 2. The van der Waals surface area contributed by atoms with Gasteiger partial charge in [0.25, 0.3) is 0 Å². The van der Waals surface area contributed by atoms with Crippen LogP contribution in [0.25, 0.3) is 0 Å². The lowest BCUT2D eigenvalue weighted by Gasteiger charge is -2.21. The van der Waals surface area contributed by atoms with Crippen LogP contribution in [-0.4, -0.2) is 19.3 Å². The van der Waals surface area contributed by atoms with Gasteiger partial charge in [-0.05, 0) is 20.3 Å². The summed E-state index contributed by atoms with van der Waals surface area (Å²) >= 11 is 0. The lowest BCUT2D eigenvalue weighted by atomic mass is 10.1. The van der Waals surface area contributed by atoms with Crippen molar-refractivity contribution in [2.24, 2.45) is 5.84 Å². The minimum atomic E-state index is 0.116. The Balaban J connectivity index is 4.21. The fraction of sp³-hybridized carbons (Fsp3) is 0.778. The Morgan fingerprint density at radius 3 is 2.42 bits per heavy atom. The summed E-state index contributed by atoms with van der Waals surface area (Å²) in [4.78, 5) is 0. The molecule has 2 unspecified atom stereocenters. The van der Waals surface area contributed by atoms with Crippen LogP contribution in [0.2, 0.25) is 0 Å². The molecule has 0 aliphatic carbocycles. The van der Waals surface area contributed by atoms with Crippen LogP contribution in [0, 0.1) is 0 Å². The molecular formula is C9H20N2O. The smallest absolute Gasteiger partial charge is 0.0770 e. The van der Waals surface area contributed by atoms with Gasteiger partial charge in [-0.1, -0.05) is 18.6 Å². The maximum absolute atomic E-state index is 5.40. The highest BCUT2D eigenvalue weighted by atomic mass is 16.5. The maximum atomic E-state index is 5.40. The van der Waals surface area contributed by atoms with E-state index in [4.69, 9.17) is 10.6 Å². The zero-order chi connectivity index (χ0) is 9.56. The second-order valence-corrected chi connectivity index (χ2v) is 3.12. The molecule has 0 aliphatic heterocycles. The third-order valence-electron chi connectivity index (χ3n) is 1.81. The summed E-state index contributed by atoms with van der Waals surface area (Å²) in [6, 6.07) is 0.116. The number of hydrogen-bond acceptors (Lipinski definition) is 3. The second-order valence-electron chi connectivity index (χ2n) is 3.12.